The van der Waals surface area contributed by atoms with E-state index >= 15 is 0 Å². The number of amides is 1. The molecule has 0 saturated carbocycles. The van der Waals surface area contributed by atoms with Crippen molar-refractivity contribution in [1.29, 1.82) is 0 Å². The molecule has 6 heteroatoms. The number of hydrogen-bond acceptors (Lipinski definition) is 5. The lowest BCUT2D eigenvalue weighted by Gasteiger charge is -2.11. The summed E-state index contributed by atoms with van der Waals surface area (Å²) in [5, 5.41) is 4.77. The Morgan fingerprint density at radius 2 is 2.15 bits per heavy atom. The van der Waals surface area contributed by atoms with E-state index in [1.165, 1.54) is 18.3 Å². The number of hydrogen-bond donors (Lipinski definition) is 2. The van der Waals surface area contributed by atoms with Crippen molar-refractivity contribution in [3.05, 3.63) is 40.9 Å². The van der Waals surface area contributed by atoms with Crippen molar-refractivity contribution in [2.75, 3.05) is 11.1 Å². The summed E-state index contributed by atoms with van der Waals surface area (Å²) in [5.41, 5.74) is 7.53. The van der Waals surface area contributed by atoms with Gasteiger partial charge in [0.25, 0.3) is 0 Å². The van der Waals surface area contributed by atoms with Crippen LogP contribution < -0.4 is 11.1 Å². The number of nitrogens with zero attached hydrogens (tertiary/aromatic N) is 1. The molecule has 2 rings (SSSR count). The molecule has 1 atom stereocenters. The normalized spacial score (nSPS) is 11.9. The van der Waals surface area contributed by atoms with E-state index in [1.54, 1.807) is 24.4 Å². The summed E-state index contributed by atoms with van der Waals surface area (Å²) in [7, 11) is 0. The summed E-state index contributed by atoms with van der Waals surface area (Å²) in [4.78, 5) is 27.3. The van der Waals surface area contributed by atoms with Crippen LogP contribution in [-0.4, -0.2) is 16.7 Å². The van der Waals surface area contributed by atoms with Crippen LogP contribution in [0, 0.1) is 0 Å². The van der Waals surface area contributed by atoms with Gasteiger partial charge in [-0.2, -0.15) is 0 Å². The number of carbonyl (C=O) groups is 2. The predicted molar refractivity (Wildman–Crippen MR) is 80.0 cm³/mol. The average Bonchev–Trinajstić information content (AvgIpc) is 2.86. The highest BCUT2D eigenvalue weighted by atomic mass is 32.1. The molecule has 104 valence electrons. The van der Waals surface area contributed by atoms with Gasteiger partial charge in [-0.25, -0.2) is 4.98 Å². The Morgan fingerprint density at radius 1 is 1.40 bits per heavy atom. The van der Waals surface area contributed by atoms with Gasteiger partial charge in [-0.05, 0) is 24.6 Å². The number of nitrogens with two attached hydrogens (primary N) is 1. The number of benzene rings is 1. The van der Waals surface area contributed by atoms with E-state index in [-0.39, 0.29) is 17.6 Å². The lowest BCUT2D eigenvalue weighted by atomic mass is 10.00. The second-order valence-corrected chi connectivity index (χ2v) is 5.33. The first-order chi connectivity index (χ1) is 9.47. The van der Waals surface area contributed by atoms with Crippen LogP contribution in [0.4, 0.5) is 10.8 Å². The van der Waals surface area contributed by atoms with Crippen molar-refractivity contribution in [3.63, 3.8) is 0 Å². The highest BCUT2D eigenvalue weighted by Crippen LogP contribution is 2.21. The molecule has 1 amide bonds. The molecule has 1 unspecified atom stereocenters. The van der Waals surface area contributed by atoms with E-state index in [9.17, 15) is 9.59 Å². The standard InChI is InChI=1S/C14H15N3O2S/c1-8(10-4-3-5-11(15)6-10)13(19)17-14-16-12(7-20-14)9(2)18/h3-8H,15H2,1-2H3,(H,16,17,19). The number of anilines is 2. The quantitative estimate of drug-likeness (QED) is 0.669. The summed E-state index contributed by atoms with van der Waals surface area (Å²) < 4.78 is 0. The fraction of sp³-hybridized carbons (Fsp3) is 0.214. The van der Waals surface area contributed by atoms with Gasteiger partial charge in [-0.1, -0.05) is 12.1 Å². The van der Waals surface area contributed by atoms with Gasteiger partial charge >= 0.3 is 0 Å². The number of aromatic nitrogens is 1. The Labute approximate surface area is 120 Å². The topological polar surface area (TPSA) is 85.1 Å². The van der Waals surface area contributed by atoms with Gasteiger partial charge < -0.3 is 11.1 Å². The van der Waals surface area contributed by atoms with Gasteiger partial charge in [-0.15, -0.1) is 11.3 Å². The molecule has 0 aliphatic heterocycles. The maximum atomic E-state index is 12.1. The van der Waals surface area contributed by atoms with Gasteiger partial charge in [0.15, 0.2) is 10.9 Å². The zero-order valence-electron chi connectivity index (χ0n) is 11.2. The lowest BCUT2D eigenvalue weighted by Crippen LogP contribution is -2.19. The number of nitrogen functional groups attached to an aromatic ring is 1. The smallest absolute Gasteiger partial charge is 0.233 e. The van der Waals surface area contributed by atoms with E-state index in [4.69, 9.17) is 5.73 Å². The molecule has 0 fully saturated rings. The average molecular weight is 289 g/mol. The molecule has 5 nitrogen and oxygen atoms in total. The molecule has 0 bridgehead atoms. The van der Waals surface area contributed by atoms with Gasteiger partial charge in [0.1, 0.15) is 5.69 Å². The number of ketones is 1. The molecule has 0 radical (unpaired) electrons. The second-order valence-electron chi connectivity index (χ2n) is 4.48. The summed E-state index contributed by atoms with van der Waals surface area (Å²) >= 11 is 1.23. The lowest BCUT2D eigenvalue weighted by molar-refractivity contribution is -0.117. The van der Waals surface area contributed by atoms with E-state index in [1.807, 2.05) is 12.1 Å². The second kappa shape index (κ2) is 5.83. The minimum Gasteiger partial charge on any atom is -0.399 e. The van der Waals surface area contributed by atoms with Gasteiger partial charge in [0, 0.05) is 18.0 Å². The third-order valence-electron chi connectivity index (χ3n) is 2.90. The number of rotatable bonds is 4. The Bertz CT molecular complexity index is 651. The van der Waals surface area contributed by atoms with Crippen LogP contribution in [0.25, 0.3) is 0 Å². The third-order valence-corrected chi connectivity index (χ3v) is 3.66. The number of Topliss-reactive ketones (excluding diaryl/α,β-unsaturated/α-hetero) is 1. The molecule has 0 aliphatic rings. The van der Waals surface area contributed by atoms with Crippen molar-refractivity contribution >= 4 is 33.8 Å². The van der Waals surface area contributed by atoms with Crippen LogP contribution in [0.1, 0.15) is 35.8 Å². The van der Waals surface area contributed by atoms with Crippen molar-refractivity contribution in [1.82, 2.24) is 4.98 Å². The van der Waals surface area contributed by atoms with Crippen LogP contribution in [0.2, 0.25) is 0 Å². The molecule has 1 heterocycles. The van der Waals surface area contributed by atoms with Gasteiger partial charge in [0.2, 0.25) is 5.91 Å². The summed E-state index contributed by atoms with van der Waals surface area (Å²) in [6.45, 7) is 3.24. The minimum atomic E-state index is -0.344. The Morgan fingerprint density at radius 3 is 2.75 bits per heavy atom. The van der Waals surface area contributed by atoms with Gasteiger partial charge in [0.05, 0.1) is 5.92 Å². The first-order valence-electron chi connectivity index (χ1n) is 6.10. The van der Waals surface area contributed by atoms with E-state index < -0.39 is 0 Å². The van der Waals surface area contributed by atoms with Crippen molar-refractivity contribution < 1.29 is 9.59 Å². The fourth-order valence-electron chi connectivity index (χ4n) is 1.69. The van der Waals surface area contributed by atoms with E-state index in [0.717, 1.165) is 5.56 Å². The van der Waals surface area contributed by atoms with Crippen molar-refractivity contribution in [3.8, 4) is 0 Å². The van der Waals surface area contributed by atoms with Crippen LogP contribution >= 0.6 is 11.3 Å². The molecular weight excluding hydrogens is 274 g/mol. The molecule has 0 saturated heterocycles. The monoisotopic (exact) mass is 289 g/mol. The van der Waals surface area contributed by atoms with Crippen LogP contribution in [0.3, 0.4) is 0 Å². The highest BCUT2D eigenvalue weighted by molar-refractivity contribution is 7.14. The van der Waals surface area contributed by atoms with Gasteiger partial charge in [-0.3, -0.25) is 9.59 Å². The zero-order valence-corrected chi connectivity index (χ0v) is 12.0. The zero-order chi connectivity index (χ0) is 14.7. The highest BCUT2D eigenvalue weighted by Gasteiger charge is 2.17. The SMILES string of the molecule is CC(=O)c1csc(NC(=O)C(C)c2cccc(N)c2)n1. The minimum absolute atomic E-state index is 0.120. The maximum absolute atomic E-state index is 12.1. The molecule has 2 aromatic rings. The number of nitrogens with one attached hydrogen (secondary N) is 1. The first-order valence-corrected chi connectivity index (χ1v) is 6.98. The number of carbonyl (C=O) groups excluding carboxylic acids is 2. The Balaban J connectivity index is 2.09. The van der Waals surface area contributed by atoms with E-state index in [0.29, 0.717) is 16.5 Å². The first kappa shape index (κ1) is 14.2. The molecule has 1 aromatic carbocycles. The molecule has 0 spiro atoms. The van der Waals surface area contributed by atoms with Crippen molar-refractivity contribution in [2.45, 2.75) is 19.8 Å². The molecule has 0 aliphatic carbocycles. The fourth-order valence-corrected chi connectivity index (χ4v) is 2.44. The molecule has 3 N–H and O–H groups in total. The maximum Gasteiger partial charge on any atom is 0.233 e. The Kier molecular flexibility index (Phi) is 4.14. The number of thiazole rings is 1. The third kappa shape index (κ3) is 3.21. The molecule has 1 aromatic heterocycles. The summed E-state index contributed by atoms with van der Waals surface area (Å²) in [6.07, 6.45) is 0. The van der Waals surface area contributed by atoms with E-state index in [2.05, 4.69) is 10.3 Å². The predicted octanol–water partition coefficient (Wildman–Crippen LogP) is 2.67. The summed E-state index contributed by atoms with van der Waals surface area (Å²) in [6, 6.07) is 7.20. The van der Waals surface area contributed by atoms with Crippen LogP contribution in [-0.2, 0) is 4.79 Å². The van der Waals surface area contributed by atoms with Crippen LogP contribution in [0.15, 0.2) is 29.6 Å². The van der Waals surface area contributed by atoms with Crippen molar-refractivity contribution in [2.24, 2.45) is 0 Å². The molecule has 20 heavy (non-hydrogen) atoms. The molecular formula is C14H15N3O2S. The van der Waals surface area contributed by atoms with Crippen LogP contribution in [0.5, 0.6) is 0 Å². The summed E-state index contributed by atoms with van der Waals surface area (Å²) in [5.74, 6) is -0.645. The Hall–Kier alpha value is -2.21. The largest absolute Gasteiger partial charge is 0.399 e.